The van der Waals surface area contributed by atoms with Gasteiger partial charge in [0.25, 0.3) is 22.7 Å². The van der Waals surface area contributed by atoms with E-state index in [0.29, 0.717) is 27.0 Å². The molecule has 1 saturated heterocycles. The van der Waals surface area contributed by atoms with Crippen LogP contribution in [0.25, 0.3) is 6.08 Å². The highest BCUT2D eigenvalue weighted by atomic mass is 79.9. The van der Waals surface area contributed by atoms with Gasteiger partial charge in [-0.3, -0.25) is 29.4 Å². The first-order valence-corrected chi connectivity index (χ1v) is 13.4. The molecule has 10 nitrogen and oxygen atoms in total. The fourth-order valence-electron chi connectivity index (χ4n) is 3.68. The third kappa shape index (κ3) is 7.04. The number of carbonyl (C=O) groups excluding carboxylic acids is 3. The Balaban J connectivity index is 1.49. The van der Waals surface area contributed by atoms with Crippen molar-refractivity contribution in [3.63, 3.8) is 0 Å². The number of rotatable bonds is 10. The van der Waals surface area contributed by atoms with E-state index < -0.39 is 27.8 Å². The van der Waals surface area contributed by atoms with Crippen molar-refractivity contribution in [2.45, 2.75) is 13.5 Å². The van der Waals surface area contributed by atoms with Crippen LogP contribution in [-0.4, -0.2) is 40.1 Å². The van der Waals surface area contributed by atoms with Crippen LogP contribution >= 0.6 is 27.7 Å². The first-order valence-electron chi connectivity index (χ1n) is 11.8. The molecule has 40 heavy (non-hydrogen) atoms. The molecule has 0 saturated carbocycles. The molecule has 0 atom stereocenters. The van der Waals surface area contributed by atoms with E-state index in [1.807, 2.05) is 0 Å². The molecule has 206 valence electrons. The molecule has 0 aromatic heterocycles. The topological polar surface area (TPSA) is 128 Å². The Bertz CT molecular complexity index is 1510. The third-order valence-corrected chi connectivity index (χ3v) is 6.94. The lowest BCUT2D eigenvalue weighted by Crippen LogP contribution is -2.27. The van der Waals surface area contributed by atoms with Gasteiger partial charge in [0.1, 0.15) is 5.82 Å². The Labute approximate surface area is 240 Å². The molecule has 1 N–H and O–H groups in total. The number of amides is 3. The first kappa shape index (κ1) is 28.8. The SMILES string of the molecule is CCOc1cc(/C=C2/SC(=O)N(Cc3cccc([N+](=O)[O-])c3)C2=O)cc(Br)c1OCC(=O)Nc1ccc(F)cc1. The van der Waals surface area contributed by atoms with Crippen LogP contribution in [0, 0.1) is 15.9 Å². The van der Waals surface area contributed by atoms with Gasteiger partial charge in [0.05, 0.1) is 27.5 Å². The summed E-state index contributed by atoms with van der Waals surface area (Å²) >= 11 is 4.16. The Kier molecular flexibility index (Phi) is 9.17. The number of thioether (sulfide) groups is 1. The molecule has 3 amide bonds. The number of nitro benzene ring substituents is 1. The Morgan fingerprint density at radius 2 is 1.90 bits per heavy atom. The van der Waals surface area contributed by atoms with Gasteiger partial charge < -0.3 is 14.8 Å². The third-order valence-electron chi connectivity index (χ3n) is 5.44. The Hall–Kier alpha value is -4.23. The van der Waals surface area contributed by atoms with E-state index >= 15 is 0 Å². The summed E-state index contributed by atoms with van der Waals surface area (Å²) in [7, 11) is 0. The standard InChI is InChI=1S/C27H21BrFN3O7S/c1-2-38-22-12-17(11-21(28)25(22)39-15-24(33)30-19-8-6-18(29)7-9-19)13-23-26(34)31(27(35)40-23)14-16-4-3-5-20(10-16)32(36)37/h3-13H,2,14-15H2,1H3,(H,30,33)/b23-13+. The molecule has 0 spiro atoms. The van der Waals surface area contributed by atoms with Crippen LogP contribution in [0.5, 0.6) is 11.5 Å². The number of nitro groups is 1. The maximum absolute atomic E-state index is 13.1. The van der Waals surface area contributed by atoms with Gasteiger partial charge >= 0.3 is 0 Å². The van der Waals surface area contributed by atoms with Gasteiger partial charge in [-0.2, -0.15) is 0 Å². The molecule has 0 radical (unpaired) electrons. The Morgan fingerprint density at radius 1 is 1.15 bits per heavy atom. The van der Waals surface area contributed by atoms with Crippen molar-refractivity contribution in [1.82, 2.24) is 4.90 Å². The molecular formula is C27H21BrFN3O7S. The molecule has 1 aliphatic rings. The molecule has 0 aliphatic carbocycles. The van der Waals surface area contributed by atoms with Crippen molar-refractivity contribution < 1.29 is 33.2 Å². The van der Waals surface area contributed by atoms with Crippen LogP contribution in [-0.2, 0) is 16.1 Å². The minimum absolute atomic E-state index is 0.107. The number of hydrogen-bond acceptors (Lipinski definition) is 8. The van der Waals surface area contributed by atoms with Crippen LogP contribution in [0.4, 0.5) is 20.6 Å². The van der Waals surface area contributed by atoms with E-state index in [0.717, 1.165) is 16.7 Å². The van der Waals surface area contributed by atoms with Crippen molar-refractivity contribution in [2.75, 3.05) is 18.5 Å². The van der Waals surface area contributed by atoms with Crippen LogP contribution in [0.2, 0.25) is 0 Å². The summed E-state index contributed by atoms with van der Waals surface area (Å²) in [4.78, 5) is 49.6. The second-order valence-electron chi connectivity index (χ2n) is 8.30. The number of imide groups is 1. The van der Waals surface area contributed by atoms with E-state index in [4.69, 9.17) is 9.47 Å². The lowest BCUT2D eigenvalue weighted by Gasteiger charge is -2.15. The van der Waals surface area contributed by atoms with Crippen molar-refractivity contribution in [2.24, 2.45) is 0 Å². The number of nitrogens with one attached hydrogen (secondary N) is 1. The molecule has 3 aromatic carbocycles. The summed E-state index contributed by atoms with van der Waals surface area (Å²) < 4.78 is 24.9. The predicted molar refractivity (Wildman–Crippen MR) is 150 cm³/mol. The van der Waals surface area contributed by atoms with Gasteiger partial charge in [-0.25, -0.2) is 4.39 Å². The lowest BCUT2D eigenvalue weighted by atomic mass is 10.1. The van der Waals surface area contributed by atoms with E-state index in [1.54, 1.807) is 25.1 Å². The van der Waals surface area contributed by atoms with Crippen molar-refractivity contribution in [3.05, 3.63) is 97.1 Å². The quantitative estimate of drug-likeness (QED) is 0.161. The predicted octanol–water partition coefficient (Wildman–Crippen LogP) is 6.15. The second-order valence-corrected chi connectivity index (χ2v) is 10.1. The number of ether oxygens (including phenoxy) is 2. The molecule has 1 heterocycles. The fourth-order valence-corrected chi connectivity index (χ4v) is 5.09. The van der Waals surface area contributed by atoms with E-state index in [9.17, 15) is 28.9 Å². The monoisotopic (exact) mass is 629 g/mol. The van der Waals surface area contributed by atoms with Gasteiger partial charge in [0.2, 0.25) is 0 Å². The average molecular weight is 630 g/mol. The van der Waals surface area contributed by atoms with Crippen LogP contribution in [0.1, 0.15) is 18.1 Å². The molecular weight excluding hydrogens is 609 g/mol. The fraction of sp³-hybridized carbons (Fsp3) is 0.148. The number of anilines is 1. The molecule has 3 aromatic rings. The second kappa shape index (κ2) is 12.7. The zero-order valence-corrected chi connectivity index (χ0v) is 23.3. The molecule has 4 rings (SSSR count). The first-order chi connectivity index (χ1) is 19.1. The van der Waals surface area contributed by atoms with Gasteiger partial charge in [-0.05, 0) is 88.2 Å². The minimum Gasteiger partial charge on any atom is -0.490 e. The van der Waals surface area contributed by atoms with Crippen LogP contribution in [0.3, 0.4) is 0 Å². The summed E-state index contributed by atoms with van der Waals surface area (Å²) in [5.74, 6) is -0.872. The zero-order valence-electron chi connectivity index (χ0n) is 20.9. The van der Waals surface area contributed by atoms with Crippen LogP contribution in [0.15, 0.2) is 70.0 Å². The van der Waals surface area contributed by atoms with Gasteiger partial charge in [0, 0.05) is 17.8 Å². The van der Waals surface area contributed by atoms with Crippen molar-refractivity contribution in [1.29, 1.82) is 0 Å². The summed E-state index contributed by atoms with van der Waals surface area (Å²) in [6.45, 7) is 1.59. The smallest absolute Gasteiger partial charge is 0.293 e. The van der Waals surface area contributed by atoms with E-state index in [2.05, 4.69) is 21.2 Å². The van der Waals surface area contributed by atoms with Gasteiger partial charge in [-0.1, -0.05) is 12.1 Å². The maximum Gasteiger partial charge on any atom is 0.293 e. The van der Waals surface area contributed by atoms with Gasteiger partial charge in [0.15, 0.2) is 18.1 Å². The molecule has 1 fully saturated rings. The average Bonchev–Trinajstić information content (AvgIpc) is 3.17. The van der Waals surface area contributed by atoms with Crippen molar-refractivity contribution in [3.8, 4) is 11.5 Å². The largest absolute Gasteiger partial charge is 0.490 e. The number of non-ortho nitro benzene ring substituents is 1. The number of nitrogens with zero attached hydrogens (tertiary/aromatic N) is 2. The highest BCUT2D eigenvalue weighted by Crippen LogP contribution is 2.39. The molecule has 13 heteroatoms. The number of hydrogen-bond donors (Lipinski definition) is 1. The minimum atomic E-state index is -0.545. The normalized spacial score (nSPS) is 14.0. The molecule has 1 aliphatic heterocycles. The lowest BCUT2D eigenvalue weighted by molar-refractivity contribution is -0.384. The van der Waals surface area contributed by atoms with Crippen molar-refractivity contribution >= 4 is 62.2 Å². The molecule has 0 bridgehead atoms. The Morgan fingerprint density at radius 3 is 2.60 bits per heavy atom. The highest BCUT2D eigenvalue weighted by molar-refractivity contribution is 9.10. The summed E-state index contributed by atoms with van der Waals surface area (Å²) in [5, 5.41) is 13.2. The number of halogens is 2. The summed E-state index contributed by atoms with van der Waals surface area (Å²) in [6.07, 6.45) is 1.52. The summed E-state index contributed by atoms with van der Waals surface area (Å²) in [6, 6.07) is 14.3. The maximum atomic E-state index is 13.1. The van der Waals surface area contributed by atoms with Gasteiger partial charge in [-0.15, -0.1) is 0 Å². The van der Waals surface area contributed by atoms with E-state index in [1.165, 1.54) is 48.5 Å². The van der Waals surface area contributed by atoms with Crippen LogP contribution < -0.4 is 14.8 Å². The summed E-state index contributed by atoms with van der Waals surface area (Å²) in [5.41, 5.74) is 1.25. The molecule has 0 unspecified atom stereocenters. The number of carbonyl (C=O) groups is 3. The highest BCUT2D eigenvalue weighted by Gasteiger charge is 2.35. The number of benzene rings is 3. The zero-order chi connectivity index (χ0) is 28.8. The van der Waals surface area contributed by atoms with E-state index in [-0.39, 0.29) is 36.1 Å².